The fourth-order valence-electron chi connectivity index (χ4n) is 1.12. The zero-order valence-corrected chi connectivity index (χ0v) is 10.5. The minimum Gasteiger partial charge on any atom is -0.341 e. The fraction of sp³-hybridized carbons (Fsp3) is 0.400. The molecule has 17 heavy (non-hydrogen) atoms. The maximum atomic E-state index is 12.0. The van der Waals surface area contributed by atoms with Crippen LogP contribution in [0.3, 0.4) is 0 Å². The Hall–Kier alpha value is -1.11. The maximum absolute atomic E-state index is 12.0. The van der Waals surface area contributed by atoms with E-state index >= 15 is 0 Å². The lowest BCUT2D eigenvalue weighted by molar-refractivity contribution is -0.136. The summed E-state index contributed by atoms with van der Waals surface area (Å²) < 4.78 is 36.5. The number of amides is 1. The molecular formula is C10H10BrF3N2O. The van der Waals surface area contributed by atoms with E-state index in [1.807, 2.05) is 0 Å². The van der Waals surface area contributed by atoms with Crippen molar-refractivity contribution in [1.82, 2.24) is 9.88 Å². The fourth-order valence-corrected chi connectivity index (χ4v) is 1.35. The van der Waals surface area contributed by atoms with Crippen LogP contribution >= 0.6 is 15.9 Å². The summed E-state index contributed by atoms with van der Waals surface area (Å²) >= 11 is 3.10. The van der Waals surface area contributed by atoms with Gasteiger partial charge >= 0.3 is 6.18 Å². The third kappa shape index (κ3) is 4.72. The van der Waals surface area contributed by atoms with E-state index in [-0.39, 0.29) is 12.1 Å². The number of hydrogen-bond donors (Lipinski definition) is 0. The van der Waals surface area contributed by atoms with E-state index in [1.54, 1.807) is 6.07 Å². The lowest BCUT2D eigenvalue weighted by Gasteiger charge is -2.17. The van der Waals surface area contributed by atoms with Crippen LogP contribution in [0.5, 0.6) is 0 Å². The van der Waals surface area contributed by atoms with E-state index in [1.165, 1.54) is 19.3 Å². The van der Waals surface area contributed by atoms with E-state index < -0.39 is 18.5 Å². The molecule has 0 saturated heterocycles. The highest BCUT2D eigenvalue weighted by Gasteiger charge is 2.28. The van der Waals surface area contributed by atoms with Crippen LogP contribution in [0.15, 0.2) is 22.9 Å². The number of carbonyl (C=O) groups is 1. The summed E-state index contributed by atoms with van der Waals surface area (Å²) in [7, 11) is 1.33. The van der Waals surface area contributed by atoms with Gasteiger partial charge in [-0.3, -0.25) is 4.79 Å². The van der Waals surface area contributed by atoms with Crippen molar-refractivity contribution < 1.29 is 18.0 Å². The summed E-state index contributed by atoms with van der Waals surface area (Å²) in [5.41, 5.74) is 0.262. The smallest absolute Gasteiger partial charge is 0.341 e. The van der Waals surface area contributed by atoms with Gasteiger partial charge < -0.3 is 4.90 Å². The summed E-state index contributed by atoms with van der Waals surface area (Å²) in [6.45, 7) is -0.363. The Kier molecular flexibility index (Phi) is 4.50. The van der Waals surface area contributed by atoms with Gasteiger partial charge in [-0.15, -0.1) is 0 Å². The van der Waals surface area contributed by atoms with Gasteiger partial charge in [-0.1, -0.05) is 0 Å². The van der Waals surface area contributed by atoms with Gasteiger partial charge in [-0.25, -0.2) is 4.98 Å². The molecule has 0 aliphatic carbocycles. The first-order chi connectivity index (χ1) is 7.79. The van der Waals surface area contributed by atoms with E-state index in [0.717, 1.165) is 4.90 Å². The Morgan fingerprint density at radius 3 is 2.59 bits per heavy atom. The number of rotatable bonds is 3. The second-order valence-corrected chi connectivity index (χ2v) is 4.27. The summed E-state index contributed by atoms with van der Waals surface area (Å²) in [4.78, 5) is 16.5. The highest BCUT2D eigenvalue weighted by Crippen LogP contribution is 2.20. The van der Waals surface area contributed by atoms with Crippen molar-refractivity contribution in [1.29, 1.82) is 0 Å². The van der Waals surface area contributed by atoms with Crippen LogP contribution in [0.25, 0.3) is 0 Å². The minimum absolute atomic E-state index is 0.262. The topological polar surface area (TPSA) is 33.2 Å². The number of alkyl halides is 3. The highest BCUT2D eigenvalue weighted by molar-refractivity contribution is 9.10. The predicted molar refractivity (Wildman–Crippen MR) is 59.6 cm³/mol. The molecule has 0 bridgehead atoms. The van der Waals surface area contributed by atoms with Gasteiger partial charge in [0.25, 0.3) is 5.91 Å². The molecule has 0 fully saturated rings. The number of nitrogens with zero attached hydrogens (tertiary/aromatic N) is 2. The zero-order chi connectivity index (χ0) is 13.1. The van der Waals surface area contributed by atoms with Crippen molar-refractivity contribution in [2.24, 2.45) is 0 Å². The van der Waals surface area contributed by atoms with Gasteiger partial charge in [0.15, 0.2) is 0 Å². The third-order valence-electron chi connectivity index (χ3n) is 2.05. The van der Waals surface area contributed by atoms with Gasteiger partial charge in [-0.05, 0) is 28.1 Å². The van der Waals surface area contributed by atoms with Crippen molar-refractivity contribution in [2.45, 2.75) is 12.6 Å². The molecule has 1 amide bonds. The number of hydrogen-bond acceptors (Lipinski definition) is 2. The molecule has 0 aliphatic rings. The van der Waals surface area contributed by atoms with Gasteiger partial charge in [0.1, 0.15) is 4.60 Å². The van der Waals surface area contributed by atoms with Crippen LogP contribution in [0.2, 0.25) is 0 Å². The van der Waals surface area contributed by atoms with Crippen LogP contribution < -0.4 is 0 Å². The van der Waals surface area contributed by atoms with Gasteiger partial charge in [-0.2, -0.15) is 13.2 Å². The van der Waals surface area contributed by atoms with Gasteiger partial charge in [0.2, 0.25) is 0 Å². The molecule has 1 heterocycles. The molecule has 0 N–H and O–H groups in total. The first-order valence-corrected chi connectivity index (χ1v) is 5.52. The second kappa shape index (κ2) is 5.48. The molecule has 7 heteroatoms. The first-order valence-electron chi connectivity index (χ1n) is 4.73. The van der Waals surface area contributed by atoms with Crippen molar-refractivity contribution in [3.63, 3.8) is 0 Å². The van der Waals surface area contributed by atoms with Crippen LogP contribution in [-0.4, -0.2) is 35.6 Å². The monoisotopic (exact) mass is 310 g/mol. The van der Waals surface area contributed by atoms with Gasteiger partial charge in [0.05, 0.1) is 12.0 Å². The lowest BCUT2D eigenvalue weighted by Crippen LogP contribution is -2.30. The van der Waals surface area contributed by atoms with E-state index in [4.69, 9.17) is 0 Å². The Bertz CT molecular complexity index is 392. The first kappa shape index (κ1) is 14.0. The molecule has 0 atom stereocenters. The normalized spacial score (nSPS) is 11.4. The summed E-state index contributed by atoms with van der Waals surface area (Å²) in [5.74, 6) is -0.478. The Labute approximate surface area is 105 Å². The number of carbonyl (C=O) groups excluding carboxylic acids is 1. The molecule has 0 aliphatic heterocycles. The molecule has 1 aromatic rings. The van der Waals surface area contributed by atoms with Crippen molar-refractivity contribution >= 4 is 21.8 Å². The van der Waals surface area contributed by atoms with Crippen molar-refractivity contribution in [3.8, 4) is 0 Å². The highest BCUT2D eigenvalue weighted by atomic mass is 79.9. The molecule has 0 aromatic carbocycles. The molecule has 1 rings (SSSR count). The van der Waals surface area contributed by atoms with E-state index in [9.17, 15) is 18.0 Å². The van der Waals surface area contributed by atoms with E-state index in [0.29, 0.717) is 4.60 Å². The molecule has 0 spiro atoms. The number of halogens is 4. The summed E-state index contributed by atoms with van der Waals surface area (Å²) in [5, 5.41) is 0. The largest absolute Gasteiger partial charge is 0.390 e. The van der Waals surface area contributed by atoms with Crippen LogP contribution in [0.4, 0.5) is 13.2 Å². The average molecular weight is 311 g/mol. The van der Waals surface area contributed by atoms with Crippen molar-refractivity contribution in [3.05, 3.63) is 28.5 Å². The average Bonchev–Trinajstić information content (AvgIpc) is 2.25. The second-order valence-electron chi connectivity index (χ2n) is 3.46. The Morgan fingerprint density at radius 1 is 1.47 bits per heavy atom. The molecule has 0 radical (unpaired) electrons. The van der Waals surface area contributed by atoms with Crippen LogP contribution in [0.1, 0.15) is 16.8 Å². The molecule has 1 aromatic heterocycles. The summed E-state index contributed by atoms with van der Waals surface area (Å²) in [6.07, 6.45) is -3.96. The summed E-state index contributed by atoms with van der Waals surface area (Å²) in [6, 6.07) is 3.06. The molecule has 0 saturated carbocycles. The Morgan fingerprint density at radius 2 is 2.12 bits per heavy atom. The molecule has 3 nitrogen and oxygen atoms in total. The number of pyridine rings is 1. The predicted octanol–water partition coefficient (Wildman–Crippen LogP) is 2.87. The third-order valence-corrected chi connectivity index (χ3v) is 2.52. The lowest BCUT2D eigenvalue weighted by atomic mass is 10.2. The zero-order valence-electron chi connectivity index (χ0n) is 8.96. The van der Waals surface area contributed by atoms with Crippen LogP contribution in [0, 0.1) is 0 Å². The molecule has 0 unspecified atom stereocenters. The quantitative estimate of drug-likeness (QED) is 0.804. The minimum atomic E-state index is -4.26. The molecule has 94 valence electrons. The Balaban J connectivity index is 2.61. The van der Waals surface area contributed by atoms with Gasteiger partial charge in [0, 0.05) is 19.8 Å². The van der Waals surface area contributed by atoms with Crippen molar-refractivity contribution in [2.75, 3.05) is 13.6 Å². The number of aromatic nitrogens is 1. The molecular weight excluding hydrogens is 301 g/mol. The van der Waals surface area contributed by atoms with Crippen LogP contribution in [-0.2, 0) is 0 Å². The SMILES string of the molecule is CN(CCC(F)(F)F)C(=O)c1ccc(Br)nc1. The maximum Gasteiger partial charge on any atom is 0.390 e. The van der Waals surface area contributed by atoms with E-state index in [2.05, 4.69) is 20.9 Å². The standard InChI is InChI=1S/C10H10BrF3N2O/c1-16(5-4-10(12,13)14)9(17)7-2-3-8(11)15-6-7/h2-3,6H,4-5H2,1H3.